The van der Waals surface area contributed by atoms with E-state index >= 15 is 0 Å². The topological polar surface area (TPSA) is 68.5 Å². The molecule has 0 aliphatic heterocycles. The fourth-order valence-corrected chi connectivity index (χ4v) is 3.13. The molecule has 1 atom stereocenters. The number of methoxy groups -OCH3 is 1. The standard InChI is InChI=1S/C22H23NO4/c1-14-9-10-18-17(13-27-22(18)15(14)2)11-20(24)23-19(12-21(25)26-3)16-7-5-4-6-8-16/h4-10,13,19H,11-12H2,1-3H3,(H,23,24). The number of carbonyl (C=O) groups is 2. The Labute approximate surface area is 158 Å². The van der Waals surface area contributed by atoms with E-state index in [-0.39, 0.29) is 24.7 Å². The average molecular weight is 365 g/mol. The third-order valence-electron chi connectivity index (χ3n) is 4.83. The number of amides is 1. The third kappa shape index (κ3) is 4.19. The van der Waals surface area contributed by atoms with Gasteiger partial charge >= 0.3 is 5.97 Å². The van der Waals surface area contributed by atoms with E-state index in [9.17, 15) is 9.59 Å². The minimum atomic E-state index is -0.437. The Morgan fingerprint density at radius 1 is 1.11 bits per heavy atom. The van der Waals surface area contributed by atoms with Crippen LogP contribution in [0.25, 0.3) is 11.0 Å². The molecule has 1 unspecified atom stereocenters. The first kappa shape index (κ1) is 18.7. The summed E-state index contributed by atoms with van der Waals surface area (Å²) in [7, 11) is 1.34. The second kappa shape index (κ2) is 8.08. The number of ether oxygens (including phenoxy) is 1. The van der Waals surface area contributed by atoms with Gasteiger partial charge in [-0.2, -0.15) is 0 Å². The van der Waals surface area contributed by atoms with Crippen molar-refractivity contribution in [1.82, 2.24) is 5.32 Å². The van der Waals surface area contributed by atoms with Crippen LogP contribution in [0.5, 0.6) is 0 Å². The van der Waals surface area contributed by atoms with E-state index in [0.29, 0.717) is 0 Å². The number of furan rings is 1. The third-order valence-corrected chi connectivity index (χ3v) is 4.83. The van der Waals surface area contributed by atoms with Gasteiger partial charge in [0, 0.05) is 10.9 Å². The lowest BCUT2D eigenvalue weighted by atomic mass is 10.0. The highest BCUT2D eigenvalue weighted by Crippen LogP contribution is 2.27. The summed E-state index contributed by atoms with van der Waals surface area (Å²) in [5.41, 5.74) is 4.73. The summed E-state index contributed by atoms with van der Waals surface area (Å²) in [5, 5.41) is 3.89. The Kier molecular flexibility index (Phi) is 5.60. The summed E-state index contributed by atoms with van der Waals surface area (Å²) in [6.07, 6.45) is 1.89. The molecule has 0 radical (unpaired) electrons. The number of rotatable bonds is 6. The van der Waals surface area contributed by atoms with Gasteiger partial charge in [-0.1, -0.05) is 42.5 Å². The van der Waals surface area contributed by atoms with E-state index in [2.05, 4.69) is 5.32 Å². The van der Waals surface area contributed by atoms with Gasteiger partial charge in [0.05, 0.1) is 32.3 Å². The van der Waals surface area contributed by atoms with Gasteiger partial charge in [-0.05, 0) is 30.5 Å². The van der Waals surface area contributed by atoms with Crippen LogP contribution >= 0.6 is 0 Å². The molecule has 0 fully saturated rings. The minimum absolute atomic E-state index is 0.0801. The molecular weight excluding hydrogens is 342 g/mol. The monoisotopic (exact) mass is 365 g/mol. The van der Waals surface area contributed by atoms with Crippen molar-refractivity contribution in [2.24, 2.45) is 0 Å². The van der Waals surface area contributed by atoms with Crippen molar-refractivity contribution in [3.05, 3.63) is 71.0 Å². The first-order chi connectivity index (χ1) is 13.0. The van der Waals surface area contributed by atoms with Gasteiger partial charge < -0.3 is 14.5 Å². The zero-order valence-electron chi connectivity index (χ0n) is 15.7. The van der Waals surface area contributed by atoms with Crippen LogP contribution in [0.15, 0.2) is 53.1 Å². The molecule has 0 saturated heterocycles. The smallest absolute Gasteiger partial charge is 0.307 e. The van der Waals surface area contributed by atoms with Gasteiger partial charge in [-0.25, -0.2) is 0 Å². The summed E-state index contributed by atoms with van der Waals surface area (Å²) in [5.74, 6) is -0.544. The summed E-state index contributed by atoms with van der Waals surface area (Å²) >= 11 is 0. The van der Waals surface area contributed by atoms with Crippen LogP contribution in [0.2, 0.25) is 0 Å². The average Bonchev–Trinajstić information content (AvgIpc) is 3.08. The number of nitrogens with one attached hydrogen (secondary N) is 1. The largest absolute Gasteiger partial charge is 0.469 e. The second-order valence-electron chi connectivity index (χ2n) is 6.63. The van der Waals surface area contributed by atoms with Crippen LogP contribution in [-0.4, -0.2) is 19.0 Å². The lowest BCUT2D eigenvalue weighted by molar-refractivity contribution is -0.141. The molecule has 0 aliphatic carbocycles. The maximum Gasteiger partial charge on any atom is 0.307 e. The van der Waals surface area contributed by atoms with E-state index in [1.165, 1.54) is 7.11 Å². The molecule has 0 spiro atoms. The van der Waals surface area contributed by atoms with Crippen LogP contribution < -0.4 is 5.32 Å². The van der Waals surface area contributed by atoms with Crippen molar-refractivity contribution >= 4 is 22.8 Å². The van der Waals surface area contributed by atoms with Gasteiger partial charge in [0.2, 0.25) is 5.91 Å². The highest BCUT2D eigenvalue weighted by molar-refractivity contribution is 5.89. The summed E-state index contributed by atoms with van der Waals surface area (Å²) in [6, 6.07) is 13.0. The Morgan fingerprint density at radius 2 is 1.85 bits per heavy atom. The zero-order chi connectivity index (χ0) is 19.4. The van der Waals surface area contributed by atoms with Crippen LogP contribution in [0.1, 0.15) is 34.7 Å². The van der Waals surface area contributed by atoms with Crippen molar-refractivity contribution < 1.29 is 18.7 Å². The minimum Gasteiger partial charge on any atom is -0.469 e. The number of fused-ring (bicyclic) bond motifs is 1. The van der Waals surface area contributed by atoms with Crippen molar-refractivity contribution in [2.75, 3.05) is 7.11 Å². The molecule has 3 aromatic rings. The van der Waals surface area contributed by atoms with Crippen molar-refractivity contribution in [2.45, 2.75) is 32.7 Å². The van der Waals surface area contributed by atoms with E-state index in [4.69, 9.17) is 9.15 Å². The van der Waals surface area contributed by atoms with E-state index in [1.54, 1.807) is 6.26 Å². The molecule has 0 aliphatic rings. The molecule has 140 valence electrons. The van der Waals surface area contributed by atoms with Crippen molar-refractivity contribution in [1.29, 1.82) is 0 Å². The van der Waals surface area contributed by atoms with E-state index < -0.39 is 6.04 Å². The number of carbonyl (C=O) groups excluding carboxylic acids is 2. The van der Waals surface area contributed by atoms with Crippen LogP contribution in [0.3, 0.4) is 0 Å². The summed E-state index contributed by atoms with van der Waals surface area (Å²) < 4.78 is 10.4. The first-order valence-corrected chi connectivity index (χ1v) is 8.87. The molecule has 0 saturated carbocycles. The highest BCUT2D eigenvalue weighted by atomic mass is 16.5. The lowest BCUT2D eigenvalue weighted by Gasteiger charge is -2.18. The van der Waals surface area contributed by atoms with E-state index in [0.717, 1.165) is 33.2 Å². The van der Waals surface area contributed by atoms with Gasteiger partial charge in [0.1, 0.15) is 5.58 Å². The number of esters is 1. The van der Waals surface area contributed by atoms with Gasteiger partial charge in [0.25, 0.3) is 0 Å². The maximum atomic E-state index is 12.7. The molecule has 1 N–H and O–H groups in total. The Balaban J connectivity index is 1.78. The van der Waals surface area contributed by atoms with Crippen LogP contribution in [-0.2, 0) is 20.7 Å². The summed E-state index contributed by atoms with van der Waals surface area (Å²) in [4.78, 5) is 24.4. The predicted octanol–water partition coefficient (Wildman–Crippen LogP) is 4.01. The van der Waals surface area contributed by atoms with E-state index in [1.807, 2.05) is 56.3 Å². The maximum absolute atomic E-state index is 12.7. The number of hydrogen-bond acceptors (Lipinski definition) is 4. The molecule has 1 heterocycles. The van der Waals surface area contributed by atoms with Gasteiger partial charge in [-0.3, -0.25) is 9.59 Å². The quantitative estimate of drug-likeness (QED) is 0.670. The number of benzene rings is 2. The zero-order valence-corrected chi connectivity index (χ0v) is 15.7. The number of hydrogen-bond donors (Lipinski definition) is 1. The summed E-state index contributed by atoms with van der Waals surface area (Å²) in [6.45, 7) is 4.04. The molecular formula is C22H23NO4. The molecule has 3 rings (SSSR count). The fourth-order valence-electron chi connectivity index (χ4n) is 3.13. The molecule has 1 aromatic heterocycles. The van der Waals surface area contributed by atoms with Gasteiger partial charge in [-0.15, -0.1) is 0 Å². The van der Waals surface area contributed by atoms with Crippen LogP contribution in [0, 0.1) is 13.8 Å². The normalized spacial score (nSPS) is 12.0. The second-order valence-corrected chi connectivity index (χ2v) is 6.63. The SMILES string of the molecule is COC(=O)CC(NC(=O)Cc1coc2c(C)c(C)ccc12)c1ccccc1. The predicted molar refractivity (Wildman–Crippen MR) is 103 cm³/mol. The first-order valence-electron chi connectivity index (χ1n) is 8.87. The molecule has 0 bridgehead atoms. The van der Waals surface area contributed by atoms with Crippen LogP contribution in [0.4, 0.5) is 0 Å². The molecule has 1 amide bonds. The lowest BCUT2D eigenvalue weighted by Crippen LogP contribution is -2.31. The Bertz CT molecular complexity index is 959. The molecule has 5 heteroatoms. The van der Waals surface area contributed by atoms with Crippen molar-refractivity contribution in [3.63, 3.8) is 0 Å². The Morgan fingerprint density at radius 3 is 2.56 bits per heavy atom. The molecule has 2 aromatic carbocycles. The number of aryl methyl sites for hydroxylation is 2. The molecule has 27 heavy (non-hydrogen) atoms. The molecule has 5 nitrogen and oxygen atoms in total. The van der Waals surface area contributed by atoms with Gasteiger partial charge in [0.15, 0.2) is 0 Å². The van der Waals surface area contributed by atoms with Crippen molar-refractivity contribution in [3.8, 4) is 0 Å². The highest BCUT2D eigenvalue weighted by Gasteiger charge is 2.20. The Hall–Kier alpha value is -3.08. The fraction of sp³-hybridized carbons (Fsp3) is 0.273.